The summed E-state index contributed by atoms with van der Waals surface area (Å²) in [7, 11) is -3.58. The quantitative estimate of drug-likeness (QED) is 0.590. The SMILES string of the molecule is CCN[C@H](C)CNC(=O)CCNS(=O)(=O)c1ccc(Br)cc1. The zero-order valence-electron chi connectivity index (χ0n) is 12.7. The molecule has 0 heterocycles. The van der Waals surface area contributed by atoms with E-state index in [-0.39, 0.29) is 29.8 Å². The third kappa shape index (κ3) is 6.87. The Bertz CT molecular complexity index is 576. The first-order valence-corrected chi connectivity index (χ1v) is 9.38. The highest BCUT2D eigenvalue weighted by molar-refractivity contribution is 9.10. The molecule has 6 nitrogen and oxygen atoms in total. The molecular weight excluding hydrogens is 370 g/mol. The third-order valence-corrected chi connectivity index (χ3v) is 4.93. The fourth-order valence-corrected chi connectivity index (χ4v) is 3.07. The van der Waals surface area contributed by atoms with Gasteiger partial charge in [0, 0.05) is 30.0 Å². The molecule has 0 saturated heterocycles. The molecule has 0 aliphatic heterocycles. The topological polar surface area (TPSA) is 87.3 Å². The number of benzene rings is 1. The maximum atomic E-state index is 12.0. The number of rotatable bonds is 9. The van der Waals surface area contributed by atoms with Crippen molar-refractivity contribution in [2.45, 2.75) is 31.2 Å². The Morgan fingerprint density at radius 2 is 1.91 bits per heavy atom. The molecule has 0 bridgehead atoms. The number of halogens is 1. The minimum absolute atomic E-state index is 0.0693. The zero-order valence-corrected chi connectivity index (χ0v) is 15.1. The summed E-state index contributed by atoms with van der Waals surface area (Å²) in [4.78, 5) is 11.8. The second-order valence-electron chi connectivity index (χ2n) is 4.86. The van der Waals surface area contributed by atoms with Crippen molar-refractivity contribution in [3.63, 3.8) is 0 Å². The van der Waals surface area contributed by atoms with Crippen LogP contribution in [0.25, 0.3) is 0 Å². The van der Waals surface area contributed by atoms with Crippen molar-refractivity contribution >= 4 is 31.9 Å². The molecule has 0 aromatic heterocycles. The molecule has 124 valence electrons. The van der Waals surface area contributed by atoms with Gasteiger partial charge in [-0.3, -0.25) is 4.79 Å². The average Bonchev–Trinajstić information content (AvgIpc) is 2.46. The van der Waals surface area contributed by atoms with Gasteiger partial charge in [0.05, 0.1) is 4.90 Å². The normalized spacial score (nSPS) is 12.9. The molecule has 22 heavy (non-hydrogen) atoms. The average molecular weight is 392 g/mol. The lowest BCUT2D eigenvalue weighted by Crippen LogP contribution is -2.39. The van der Waals surface area contributed by atoms with Crippen molar-refractivity contribution in [3.05, 3.63) is 28.7 Å². The van der Waals surface area contributed by atoms with Crippen LogP contribution < -0.4 is 15.4 Å². The molecule has 1 rings (SSSR count). The van der Waals surface area contributed by atoms with E-state index >= 15 is 0 Å². The van der Waals surface area contributed by atoms with Crippen LogP contribution in [0.15, 0.2) is 33.6 Å². The number of carbonyl (C=O) groups is 1. The number of hydrogen-bond donors (Lipinski definition) is 3. The Labute approximate surface area is 140 Å². The Hall–Kier alpha value is -0.960. The maximum absolute atomic E-state index is 12.0. The number of nitrogens with one attached hydrogen (secondary N) is 3. The molecule has 3 N–H and O–H groups in total. The Morgan fingerprint density at radius 3 is 2.50 bits per heavy atom. The second kappa shape index (κ2) is 9.24. The van der Waals surface area contributed by atoms with Gasteiger partial charge in [0.1, 0.15) is 0 Å². The smallest absolute Gasteiger partial charge is 0.240 e. The molecule has 1 aromatic rings. The predicted molar refractivity (Wildman–Crippen MR) is 90.1 cm³/mol. The van der Waals surface area contributed by atoms with E-state index < -0.39 is 10.0 Å². The molecule has 0 saturated carbocycles. The van der Waals surface area contributed by atoms with Crippen LogP contribution in [0, 0.1) is 0 Å². The molecule has 0 fully saturated rings. The molecule has 0 spiro atoms. The van der Waals surface area contributed by atoms with Crippen molar-refractivity contribution in [3.8, 4) is 0 Å². The summed E-state index contributed by atoms with van der Waals surface area (Å²) in [5, 5.41) is 5.94. The number of amides is 1. The van der Waals surface area contributed by atoms with Crippen LogP contribution in [0.2, 0.25) is 0 Å². The van der Waals surface area contributed by atoms with Gasteiger partial charge in [-0.05, 0) is 37.7 Å². The summed E-state index contributed by atoms with van der Waals surface area (Å²) >= 11 is 3.25. The van der Waals surface area contributed by atoms with Crippen LogP contribution in [0.3, 0.4) is 0 Å². The largest absolute Gasteiger partial charge is 0.355 e. The molecule has 1 amide bonds. The lowest BCUT2D eigenvalue weighted by atomic mass is 10.3. The molecule has 0 aliphatic rings. The van der Waals surface area contributed by atoms with E-state index in [0.717, 1.165) is 11.0 Å². The Balaban J connectivity index is 2.36. The summed E-state index contributed by atoms with van der Waals surface area (Å²) < 4.78 is 27.2. The van der Waals surface area contributed by atoms with Gasteiger partial charge in [-0.15, -0.1) is 0 Å². The van der Waals surface area contributed by atoms with Gasteiger partial charge < -0.3 is 10.6 Å². The number of hydrogen-bond acceptors (Lipinski definition) is 4. The van der Waals surface area contributed by atoms with E-state index in [4.69, 9.17) is 0 Å². The summed E-state index contributed by atoms with van der Waals surface area (Å²) in [6, 6.07) is 6.51. The predicted octanol–water partition coefficient (Wildman–Crippen LogP) is 1.23. The molecule has 1 aromatic carbocycles. The van der Waals surface area contributed by atoms with Gasteiger partial charge in [0.25, 0.3) is 0 Å². The van der Waals surface area contributed by atoms with E-state index in [9.17, 15) is 13.2 Å². The van der Waals surface area contributed by atoms with Gasteiger partial charge in [-0.2, -0.15) is 0 Å². The lowest BCUT2D eigenvalue weighted by molar-refractivity contribution is -0.121. The Morgan fingerprint density at radius 1 is 1.27 bits per heavy atom. The Kier molecular flexibility index (Phi) is 8.02. The summed E-state index contributed by atoms with van der Waals surface area (Å²) in [6.07, 6.45) is 0.106. The highest BCUT2D eigenvalue weighted by atomic mass is 79.9. The van der Waals surface area contributed by atoms with Crippen LogP contribution in [-0.4, -0.2) is 40.0 Å². The molecule has 8 heteroatoms. The first-order chi connectivity index (χ1) is 10.3. The second-order valence-corrected chi connectivity index (χ2v) is 7.55. The summed E-state index contributed by atoms with van der Waals surface area (Å²) in [5.74, 6) is -0.178. The highest BCUT2D eigenvalue weighted by Crippen LogP contribution is 2.14. The van der Waals surface area contributed by atoms with E-state index in [1.54, 1.807) is 12.1 Å². The molecule has 0 radical (unpaired) electrons. The fourth-order valence-electron chi connectivity index (χ4n) is 1.77. The van der Waals surface area contributed by atoms with Crippen molar-refractivity contribution in [2.24, 2.45) is 0 Å². The molecule has 0 aliphatic carbocycles. The summed E-state index contributed by atoms with van der Waals surface area (Å²) in [6.45, 7) is 5.39. The third-order valence-electron chi connectivity index (χ3n) is 2.93. The van der Waals surface area contributed by atoms with Gasteiger partial charge in [-0.25, -0.2) is 13.1 Å². The van der Waals surface area contributed by atoms with Gasteiger partial charge >= 0.3 is 0 Å². The number of sulfonamides is 1. The van der Waals surface area contributed by atoms with Crippen LogP contribution in [0.4, 0.5) is 0 Å². The minimum Gasteiger partial charge on any atom is -0.355 e. The standard InChI is InChI=1S/C14H22BrN3O3S/c1-3-16-11(2)10-17-14(19)8-9-18-22(20,21)13-6-4-12(15)5-7-13/h4-7,11,16,18H,3,8-10H2,1-2H3,(H,17,19)/t11-/m1/s1. The van der Waals surface area contributed by atoms with Crippen molar-refractivity contribution < 1.29 is 13.2 Å². The van der Waals surface area contributed by atoms with E-state index in [0.29, 0.717) is 6.54 Å². The van der Waals surface area contributed by atoms with Crippen molar-refractivity contribution in [2.75, 3.05) is 19.6 Å². The first-order valence-electron chi connectivity index (χ1n) is 7.10. The monoisotopic (exact) mass is 391 g/mol. The number of likely N-dealkylation sites (N-methyl/N-ethyl adjacent to an activating group) is 1. The zero-order chi connectivity index (χ0) is 16.6. The lowest BCUT2D eigenvalue weighted by Gasteiger charge is -2.13. The number of carbonyl (C=O) groups excluding carboxylic acids is 1. The van der Waals surface area contributed by atoms with E-state index in [1.807, 2.05) is 13.8 Å². The van der Waals surface area contributed by atoms with Gasteiger partial charge in [0.2, 0.25) is 15.9 Å². The first kappa shape index (κ1) is 19.1. The molecular formula is C14H22BrN3O3S. The van der Waals surface area contributed by atoms with Crippen molar-refractivity contribution in [1.29, 1.82) is 0 Å². The maximum Gasteiger partial charge on any atom is 0.240 e. The van der Waals surface area contributed by atoms with E-state index in [2.05, 4.69) is 31.3 Å². The highest BCUT2D eigenvalue weighted by Gasteiger charge is 2.14. The van der Waals surface area contributed by atoms with Crippen LogP contribution >= 0.6 is 15.9 Å². The fraction of sp³-hybridized carbons (Fsp3) is 0.500. The van der Waals surface area contributed by atoms with Crippen LogP contribution in [0.1, 0.15) is 20.3 Å². The van der Waals surface area contributed by atoms with Crippen molar-refractivity contribution in [1.82, 2.24) is 15.4 Å². The summed E-state index contributed by atoms with van der Waals surface area (Å²) in [5.41, 5.74) is 0. The molecule has 0 unspecified atom stereocenters. The minimum atomic E-state index is -3.58. The van der Waals surface area contributed by atoms with Gasteiger partial charge in [-0.1, -0.05) is 22.9 Å². The van der Waals surface area contributed by atoms with E-state index in [1.165, 1.54) is 12.1 Å². The van der Waals surface area contributed by atoms with Gasteiger partial charge in [0.15, 0.2) is 0 Å². The van der Waals surface area contributed by atoms with Crippen LogP contribution in [-0.2, 0) is 14.8 Å². The molecule has 1 atom stereocenters. The van der Waals surface area contributed by atoms with Crippen LogP contribution in [0.5, 0.6) is 0 Å².